The van der Waals surface area contributed by atoms with Crippen LogP contribution in [-0.2, 0) is 6.42 Å². The molecule has 1 fully saturated rings. The Bertz CT molecular complexity index is 457. The van der Waals surface area contributed by atoms with Gasteiger partial charge in [-0.25, -0.2) is 0 Å². The quantitative estimate of drug-likeness (QED) is 0.821. The first kappa shape index (κ1) is 16.5. The summed E-state index contributed by atoms with van der Waals surface area (Å²) < 4.78 is 2.06. The van der Waals surface area contributed by atoms with Gasteiger partial charge in [0.1, 0.15) is 0 Å². The van der Waals surface area contributed by atoms with Crippen molar-refractivity contribution in [2.75, 3.05) is 6.54 Å². The smallest absolute Gasteiger partial charge is 0.0640 e. The molecule has 2 rings (SSSR count). The first-order valence-electron chi connectivity index (χ1n) is 8.49. The molecule has 1 aliphatic rings. The van der Waals surface area contributed by atoms with Gasteiger partial charge in [-0.15, -0.1) is 0 Å². The highest BCUT2D eigenvalue weighted by Gasteiger charge is 2.66. The van der Waals surface area contributed by atoms with Crippen LogP contribution in [0, 0.1) is 16.7 Å². The van der Waals surface area contributed by atoms with Crippen molar-refractivity contribution in [3.05, 3.63) is 18.0 Å². The van der Waals surface area contributed by atoms with E-state index in [9.17, 15) is 0 Å². The lowest BCUT2D eigenvalue weighted by Gasteiger charge is -2.20. The second kappa shape index (κ2) is 5.75. The van der Waals surface area contributed by atoms with Crippen LogP contribution in [0.15, 0.2) is 12.3 Å². The van der Waals surface area contributed by atoms with E-state index in [0.717, 1.165) is 18.9 Å². The van der Waals surface area contributed by atoms with E-state index in [0.29, 0.717) is 22.9 Å². The molecule has 3 heteroatoms. The predicted molar refractivity (Wildman–Crippen MR) is 89.4 cm³/mol. The Morgan fingerprint density at radius 1 is 1.24 bits per heavy atom. The van der Waals surface area contributed by atoms with Gasteiger partial charge in [0.25, 0.3) is 0 Å². The average Bonchev–Trinajstić information content (AvgIpc) is 2.73. The van der Waals surface area contributed by atoms with E-state index in [1.165, 1.54) is 12.1 Å². The second-order valence-electron chi connectivity index (χ2n) is 8.07. The molecule has 0 aliphatic heterocycles. The Morgan fingerprint density at radius 3 is 2.29 bits per heavy atom. The van der Waals surface area contributed by atoms with Crippen molar-refractivity contribution in [3.63, 3.8) is 0 Å². The SMILES string of the molecule is CCCNC(Cc1ccn(C(C)C)n1)C1C(C)(C)C1(C)C. The van der Waals surface area contributed by atoms with E-state index < -0.39 is 0 Å². The molecular weight excluding hydrogens is 258 g/mol. The number of hydrogen-bond acceptors (Lipinski definition) is 2. The Balaban J connectivity index is 2.10. The number of rotatable bonds is 7. The van der Waals surface area contributed by atoms with E-state index in [1.807, 2.05) is 0 Å². The van der Waals surface area contributed by atoms with Crippen molar-refractivity contribution >= 4 is 0 Å². The molecule has 1 aliphatic carbocycles. The van der Waals surface area contributed by atoms with Crippen LogP contribution < -0.4 is 5.32 Å². The first-order chi connectivity index (χ1) is 9.71. The molecule has 0 saturated heterocycles. The lowest BCUT2D eigenvalue weighted by molar-refractivity contribution is 0.390. The zero-order chi connectivity index (χ0) is 15.8. The molecule has 0 aromatic carbocycles. The summed E-state index contributed by atoms with van der Waals surface area (Å²) in [6.45, 7) is 17.3. The van der Waals surface area contributed by atoms with E-state index in [1.54, 1.807) is 0 Å². The zero-order valence-electron chi connectivity index (χ0n) is 14.9. The van der Waals surface area contributed by atoms with Gasteiger partial charge in [-0.3, -0.25) is 4.68 Å². The molecule has 0 radical (unpaired) electrons. The fourth-order valence-corrected chi connectivity index (χ4v) is 3.89. The van der Waals surface area contributed by atoms with Crippen molar-refractivity contribution in [1.82, 2.24) is 15.1 Å². The van der Waals surface area contributed by atoms with Gasteiger partial charge < -0.3 is 5.32 Å². The van der Waals surface area contributed by atoms with Crippen LogP contribution in [-0.4, -0.2) is 22.4 Å². The molecule has 1 atom stereocenters. The highest BCUT2D eigenvalue weighted by molar-refractivity contribution is 5.18. The first-order valence-corrected chi connectivity index (χ1v) is 8.49. The zero-order valence-corrected chi connectivity index (χ0v) is 14.9. The minimum atomic E-state index is 0.416. The fraction of sp³-hybridized carbons (Fsp3) is 0.833. The third-order valence-electron chi connectivity index (χ3n) is 5.81. The monoisotopic (exact) mass is 291 g/mol. The summed E-state index contributed by atoms with van der Waals surface area (Å²) in [5.41, 5.74) is 2.05. The molecule has 0 spiro atoms. The van der Waals surface area contributed by atoms with Gasteiger partial charge in [-0.2, -0.15) is 5.10 Å². The van der Waals surface area contributed by atoms with Crippen LogP contribution in [0.3, 0.4) is 0 Å². The van der Waals surface area contributed by atoms with Crippen LogP contribution >= 0.6 is 0 Å². The fourth-order valence-electron chi connectivity index (χ4n) is 3.89. The third-order valence-corrected chi connectivity index (χ3v) is 5.81. The van der Waals surface area contributed by atoms with Gasteiger partial charge in [0.15, 0.2) is 0 Å². The molecule has 1 N–H and O–H groups in total. The van der Waals surface area contributed by atoms with Gasteiger partial charge in [0.05, 0.1) is 5.69 Å². The molecule has 3 nitrogen and oxygen atoms in total. The minimum Gasteiger partial charge on any atom is -0.313 e. The van der Waals surface area contributed by atoms with Crippen LogP contribution in [0.1, 0.15) is 66.6 Å². The molecule has 1 heterocycles. The number of hydrogen-bond donors (Lipinski definition) is 1. The van der Waals surface area contributed by atoms with Crippen molar-refractivity contribution in [2.24, 2.45) is 16.7 Å². The summed E-state index contributed by atoms with van der Waals surface area (Å²) in [6, 6.07) is 3.16. The molecule has 120 valence electrons. The van der Waals surface area contributed by atoms with E-state index in [4.69, 9.17) is 5.10 Å². The Hall–Kier alpha value is -0.830. The topological polar surface area (TPSA) is 29.9 Å². The summed E-state index contributed by atoms with van der Waals surface area (Å²) in [7, 11) is 0. The number of aromatic nitrogens is 2. The normalized spacial score (nSPS) is 21.7. The van der Waals surface area contributed by atoms with E-state index in [2.05, 4.69) is 70.7 Å². The van der Waals surface area contributed by atoms with Gasteiger partial charge >= 0.3 is 0 Å². The van der Waals surface area contributed by atoms with Crippen molar-refractivity contribution in [3.8, 4) is 0 Å². The highest BCUT2D eigenvalue weighted by Crippen LogP contribution is 2.69. The third kappa shape index (κ3) is 3.03. The summed E-state index contributed by atoms with van der Waals surface area (Å²) >= 11 is 0. The van der Waals surface area contributed by atoms with Gasteiger partial charge in [-0.05, 0) is 49.6 Å². The number of nitrogens with one attached hydrogen (secondary N) is 1. The van der Waals surface area contributed by atoms with Crippen molar-refractivity contribution < 1.29 is 0 Å². The van der Waals surface area contributed by atoms with Gasteiger partial charge in [-0.1, -0.05) is 34.6 Å². The lowest BCUT2D eigenvalue weighted by Crippen LogP contribution is -2.36. The number of nitrogens with zero attached hydrogens (tertiary/aromatic N) is 2. The molecule has 21 heavy (non-hydrogen) atoms. The summed E-state index contributed by atoms with van der Waals surface area (Å²) in [5.74, 6) is 0.723. The van der Waals surface area contributed by atoms with E-state index >= 15 is 0 Å². The Morgan fingerprint density at radius 2 is 1.86 bits per heavy atom. The van der Waals surface area contributed by atoms with Crippen LogP contribution in [0.2, 0.25) is 0 Å². The minimum absolute atomic E-state index is 0.416. The van der Waals surface area contributed by atoms with E-state index in [-0.39, 0.29) is 0 Å². The van der Waals surface area contributed by atoms with Gasteiger partial charge in [0, 0.05) is 24.7 Å². The molecule has 1 unspecified atom stereocenters. The Labute approximate surface area is 130 Å². The molecule has 1 saturated carbocycles. The maximum Gasteiger partial charge on any atom is 0.0640 e. The standard InChI is InChI=1S/C18H33N3/c1-8-10-19-15(16-17(4,5)18(16,6)7)12-14-9-11-21(20-14)13(2)3/h9,11,13,15-16,19H,8,10,12H2,1-7H3. The lowest BCUT2D eigenvalue weighted by atomic mass is 9.99. The second-order valence-corrected chi connectivity index (χ2v) is 8.07. The Kier molecular flexibility index (Phi) is 4.53. The summed E-state index contributed by atoms with van der Waals surface area (Å²) in [5, 5.41) is 8.52. The van der Waals surface area contributed by atoms with Crippen LogP contribution in [0.4, 0.5) is 0 Å². The molecule has 1 aromatic rings. The van der Waals surface area contributed by atoms with Crippen molar-refractivity contribution in [1.29, 1.82) is 0 Å². The largest absolute Gasteiger partial charge is 0.313 e. The maximum absolute atomic E-state index is 4.74. The van der Waals surface area contributed by atoms with Crippen LogP contribution in [0.5, 0.6) is 0 Å². The molecule has 1 aromatic heterocycles. The predicted octanol–water partition coefficient (Wildman–Crippen LogP) is 4.06. The maximum atomic E-state index is 4.74. The molecule has 0 amide bonds. The highest BCUT2D eigenvalue weighted by atomic mass is 15.3. The van der Waals surface area contributed by atoms with Crippen molar-refractivity contribution in [2.45, 2.75) is 73.4 Å². The van der Waals surface area contributed by atoms with Crippen LogP contribution in [0.25, 0.3) is 0 Å². The average molecular weight is 291 g/mol. The molecular formula is C18H33N3. The molecule has 0 bridgehead atoms. The summed E-state index contributed by atoms with van der Waals surface area (Å²) in [6.07, 6.45) is 4.34. The van der Waals surface area contributed by atoms with Gasteiger partial charge in [0.2, 0.25) is 0 Å². The summed E-state index contributed by atoms with van der Waals surface area (Å²) in [4.78, 5) is 0.